The van der Waals surface area contributed by atoms with Gasteiger partial charge in [-0.05, 0) is 96.4 Å². The molecule has 0 unspecified atom stereocenters. The van der Waals surface area contributed by atoms with Crippen molar-refractivity contribution >= 4 is 43.5 Å². The third-order valence-electron chi connectivity index (χ3n) is 8.50. The summed E-state index contributed by atoms with van der Waals surface area (Å²) in [6.45, 7) is 0. The van der Waals surface area contributed by atoms with Gasteiger partial charge < -0.3 is 4.42 Å². The Morgan fingerprint density at radius 1 is 0.333 bits per heavy atom. The van der Waals surface area contributed by atoms with Crippen molar-refractivity contribution in [3.63, 3.8) is 0 Å². The van der Waals surface area contributed by atoms with Gasteiger partial charge >= 0.3 is 0 Å². The van der Waals surface area contributed by atoms with Crippen molar-refractivity contribution < 1.29 is 15.4 Å². The summed E-state index contributed by atoms with van der Waals surface area (Å²) >= 11 is 0. The summed E-state index contributed by atoms with van der Waals surface area (Å²) in [6, 6.07) is 36.1. The van der Waals surface area contributed by atoms with Crippen LogP contribution in [0.4, 0.5) is 0 Å². The van der Waals surface area contributed by atoms with E-state index in [2.05, 4.69) is 36.4 Å². The van der Waals surface area contributed by atoms with E-state index in [0.29, 0.717) is 33.4 Å². The van der Waals surface area contributed by atoms with Crippen LogP contribution >= 0.6 is 0 Å². The van der Waals surface area contributed by atoms with Crippen LogP contribution in [0.15, 0.2) is 174 Å². The highest BCUT2D eigenvalue weighted by atomic mass is 16.3. The van der Waals surface area contributed by atoms with E-state index >= 15 is 0 Å². The molecule has 0 atom stereocenters. The molecule has 1 heterocycles. The SMILES string of the molecule is [2H]c1c([2H])c([2H])c2c(-c3ccc4oc5ccc(-c6cccc(-c7ccccc7)c6)cc5c4c3)c3c([2H])c([2H])c([2H])c([2H])c3c(-c3ccccc3)c2c1[2H]. The summed E-state index contributed by atoms with van der Waals surface area (Å²) in [5, 5.41) is 2.33. The summed E-state index contributed by atoms with van der Waals surface area (Å²) in [5.74, 6) is 0. The zero-order chi connectivity index (χ0) is 36.7. The lowest BCUT2D eigenvalue weighted by Crippen LogP contribution is -1.90. The molecular formula is C44H28O. The van der Waals surface area contributed by atoms with E-state index in [1.807, 2.05) is 48.5 Å². The first-order valence-electron chi connectivity index (χ1n) is 18.8. The normalized spacial score (nSPS) is 14.0. The van der Waals surface area contributed by atoms with Crippen molar-refractivity contribution in [2.75, 3.05) is 0 Å². The van der Waals surface area contributed by atoms with E-state index in [1.165, 1.54) is 0 Å². The minimum Gasteiger partial charge on any atom is -0.456 e. The topological polar surface area (TPSA) is 13.1 Å². The molecule has 9 aromatic rings. The van der Waals surface area contributed by atoms with Crippen molar-refractivity contribution in [2.24, 2.45) is 0 Å². The van der Waals surface area contributed by atoms with Crippen molar-refractivity contribution in [3.8, 4) is 44.5 Å². The zero-order valence-corrected chi connectivity index (χ0v) is 24.0. The molecule has 1 nitrogen and oxygen atoms in total. The van der Waals surface area contributed by atoms with Gasteiger partial charge in [0.2, 0.25) is 0 Å². The van der Waals surface area contributed by atoms with Crippen LogP contribution in [0, 0.1) is 0 Å². The maximum Gasteiger partial charge on any atom is 0.135 e. The number of rotatable bonds is 4. The third-order valence-corrected chi connectivity index (χ3v) is 8.50. The van der Waals surface area contributed by atoms with E-state index in [1.54, 1.807) is 36.4 Å². The summed E-state index contributed by atoms with van der Waals surface area (Å²) in [5.41, 5.74) is 7.22. The molecule has 0 bridgehead atoms. The molecule has 0 amide bonds. The Morgan fingerprint density at radius 2 is 0.756 bits per heavy atom. The monoisotopic (exact) mass is 580 g/mol. The summed E-state index contributed by atoms with van der Waals surface area (Å²) in [4.78, 5) is 0. The van der Waals surface area contributed by atoms with Gasteiger partial charge in [-0.3, -0.25) is 0 Å². The number of hydrogen-bond donors (Lipinski definition) is 0. The molecular weight excluding hydrogens is 544 g/mol. The predicted octanol–water partition coefficient (Wildman–Crippen LogP) is 12.6. The second kappa shape index (κ2) is 10.4. The van der Waals surface area contributed by atoms with Gasteiger partial charge in [-0.25, -0.2) is 0 Å². The van der Waals surface area contributed by atoms with Crippen LogP contribution in [0.3, 0.4) is 0 Å². The molecule has 0 fully saturated rings. The van der Waals surface area contributed by atoms with E-state index in [4.69, 9.17) is 12.6 Å². The molecule has 0 N–H and O–H groups in total. The van der Waals surface area contributed by atoms with Gasteiger partial charge in [-0.1, -0.05) is 139 Å². The van der Waals surface area contributed by atoms with E-state index < -0.39 is 24.2 Å². The average molecular weight is 581 g/mol. The molecule has 8 aromatic carbocycles. The number of fused-ring (bicyclic) bond motifs is 5. The molecule has 45 heavy (non-hydrogen) atoms. The fraction of sp³-hybridized carbons (Fsp3) is 0. The summed E-state index contributed by atoms with van der Waals surface area (Å²) in [6.07, 6.45) is 0. The van der Waals surface area contributed by atoms with Gasteiger partial charge in [0.1, 0.15) is 11.2 Å². The maximum absolute atomic E-state index is 9.24. The predicted molar refractivity (Wildman–Crippen MR) is 190 cm³/mol. The Hall–Kier alpha value is -5.92. The lowest BCUT2D eigenvalue weighted by molar-refractivity contribution is 0.669. The fourth-order valence-electron chi connectivity index (χ4n) is 6.43. The van der Waals surface area contributed by atoms with Gasteiger partial charge in [0.15, 0.2) is 0 Å². The average Bonchev–Trinajstić information content (AvgIpc) is 3.57. The van der Waals surface area contributed by atoms with Gasteiger partial charge in [-0.15, -0.1) is 0 Å². The Bertz CT molecular complexity index is 2890. The number of furan rings is 1. The fourth-order valence-corrected chi connectivity index (χ4v) is 6.43. The van der Waals surface area contributed by atoms with Gasteiger partial charge in [0.25, 0.3) is 0 Å². The van der Waals surface area contributed by atoms with Crippen LogP contribution in [-0.2, 0) is 0 Å². The largest absolute Gasteiger partial charge is 0.456 e. The Balaban J connectivity index is 1.38. The van der Waals surface area contributed by atoms with E-state index in [0.717, 1.165) is 33.0 Å². The Labute approximate surface area is 272 Å². The molecule has 0 radical (unpaired) electrons. The molecule has 1 aromatic heterocycles. The maximum atomic E-state index is 9.24. The molecule has 210 valence electrons. The molecule has 0 aliphatic rings. The van der Waals surface area contributed by atoms with Crippen LogP contribution in [0.25, 0.3) is 88.0 Å². The highest BCUT2D eigenvalue weighted by molar-refractivity contribution is 6.22. The van der Waals surface area contributed by atoms with Crippen LogP contribution < -0.4 is 0 Å². The van der Waals surface area contributed by atoms with Gasteiger partial charge in [0, 0.05) is 10.8 Å². The highest BCUT2D eigenvalue weighted by Crippen LogP contribution is 2.45. The molecule has 0 aliphatic carbocycles. The van der Waals surface area contributed by atoms with Crippen LogP contribution in [0.1, 0.15) is 11.0 Å². The standard InChI is InChI=1S/C44H28O/c1-3-12-29(13-4-1)31-16-11-17-32(26-31)33-22-24-41-39(27-33)40-28-34(23-25-42(40)45-41)44-37-20-9-7-18-35(37)43(30-14-5-2-6-15-30)36-19-8-10-21-38(36)44/h1-28H/i7D,8D,9D,10D,18D,19D,20D,21D. The minimum atomic E-state index is -0.430. The first-order chi connectivity index (χ1) is 25.6. The van der Waals surface area contributed by atoms with Gasteiger partial charge in [-0.2, -0.15) is 0 Å². The van der Waals surface area contributed by atoms with Crippen molar-refractivity contribution in [1.29, 1.82) is 0 Å². The Kier molecular flexibility index (Phi) is 4.30. The van der Waals surface area contributed by atoms with Crippen LogP contribution in [0.5, 0.6) is 0 Å². The van der Waals surface area contributed by atoms with E-state index in [9.17, 15) is 2.74 Å². The smallest absolute Gasteiger partial charge is 0.135 e. The summed E-state index contributed by atoms with van der Waals surface area (Å²) in [7, 11) is 0. The van der Waals surface area contributed by atoms with Crippen molar-refractivity contribution in [2.45, 2.75) is 0 Å². The number of hydrogen-bond acceptors (Lipinski definition) is 1. The lowest BCUT2D eigenvalue weighted by Gasteiger charge is -2.17. The minimum absolute atomic E-state index is 0.179. The van der Waals surface area contributed by atoms with Crippen LogP contribution in [0.2, 0.25) is 0 Å². The molecule has 0 aliphatic heterocycles. The molecule has 0 spiro atoms. The molecule has 1 heteroatoms. The van der Waals surface area contributed by atoms with Gasteiger partial charge in [0.05, 0.1) is 11.0 Å². The first-order valence-corrected chi connectivity index (χ1v) is 14.8. The second-order valence-corrected chi connectivity index (χ2v) is 11.1. The van der Waals surface area contributed by atoms with Crippen molar-refractivity contribution in [3.05, 3.63) is 170 Å². The molecule has 0 saturated carbocycles. The molecule has 0 saturated heterocycles. The molecule has 9 rings (SSSR count). The number of benzene rings is 8. The van der Waals surface area contributed by atoms with Crippen molar-refractivity contribution in [1.82, 2.24) is 0 Å². The van der Waals surface area contributed by atoms with Crippen LogP contribution in [-0.4, -0.2) is 0 Å². The summed E-state index contributed by atoms with van der Waals surface area (Å²) < 4.78 is 77.8. The highest BCUT2D eigenvalue weighted by Gasteiger charge is 2.18. The zero-order valence-electron chi connectivity index (χ0n) is 32.0. The Morgan fingerprint density at radius 3 is 1.33 bits per heavy atom. The van der Waals surface area contributed by atoms with E-state index in [-0.39, 0.29) is 45.7 Å². The first kappa shape index (κ1) is 18.7. The second-order valence-electron chi connectivity index (χ2n) is 11.1. The quantitative estimate of drug-likeness (QED) is 0.189. The third kappa shape index (κ3) is 4.24. The lowest BCUT2D eigenvalue weighted by atomic mass is 9.86.